The summed E-state index contributed by atoms with van der Waals surface area (Å²) >= 11 is 12.3. The Kier molecular flexibility index (Phi) is 7.15. The van der Waals surface area contributed by atoms with E-state index in [-0.39, 0.29) is 34.5 Å². The second kappa shape index (κ2) is 11.1. The number of hydrogen-bond donors (Lipinski definition) is 0. The summed E-state index contributed by atoms with van der Waals surface area (Å²) in [5.41, 5.74) is 0.725. The first kappa shape index (κ1) is 27.1. The van der Waals surface area contributed by atoms with Gasteiger partial charge in [-0.25, -0.2) is 9.37 Å². The number of para-hydroxylation sites is 1. The molecule has 6 rings (SSSR count). The molecule has 0 bridgehead atoms. The summed E-state index contributed by atoms with van der Waals surface area (Å²) in [5.74, 6) is -0.231. The fraction of sp³-hybridized carbons (Fsp3) is 0.0333. The van der Waals surface area contributed by atoms with Gasteiger partial charge >= 0.3 is 5.69 Å². The standard InChI is InChI=1S/C30H17Cl2FN4O5/c31-20-7-10-26-18(11-20)13-27(42-26)29-35-24-4-2-1-3-23(24)30(38)36(29)34-15-19-12-21(32)14-25(37(39)40)28(19)41-16-17-5-8-22(33)9-6-17/h1-15H,16H2. The van der Waals surface area contributed by atoms with E-state index in [1.807, 2.05) is 0 Å². The Morgan fingerprint density at radius 2 is 1.81 bits per heavy atom. The molecule has 0 saturated heterocycles. The Morgan fingerprint density at radius 1 is 1.02 bits per heavy atom. The normalized spacial score (nSPS) is 11.5. The van der Waals surface area contributed by atoms with Gasteiger partial charge in [0.2, 0.25) is 11.6 Å². The van der Waals surface area contributed by atoms with E-state index in [1.54, 1.807) is 48.5 Å². The summed E-state index contributed by atoms with van der Waals surface area (Å²) in [6.45, 7) is -0.103. The first-order valence-electron chi connectivity index (χ1n) is 12.4. The molecule has 2 heterocycles. The molecule has 42 heavy (non-hydrogen) atoms. The summed E-state index contributed by atoms with van der Waals surface area (Å²) in [5, 5.41) is 17.8. The molecular weight excluding hydrogens is 586 g/mol. The maximum atomic E-state index is 13.6. The third-order valence-electron chi connectivity index (χ3n) is 6.32. The van der Waals surface area contributed by atoms with Crippen molar-refractivity contribution in [3.05, 3.63) is 132 Å². The molecule has 0 atom stereocenters. The molecule has 12 heteroatoms. The number of halogens is 3. The Morgan fingerprint density at radius 3 is 2.60 bits per heavy atom. The summed E-state index contributed by atoms with van der Waals surface area (Å²) in [7, 11) is 0. The van der Waals surface area contributed by atoms with Gasteiger partial charge in [-0.15, -0.1) is 0 Å². The summed E-state index contributed by atoms with van der Waals surface area (Å²) in [6.07, 6.45) is 1.22. The van der Waals surface area contributed by atoms with Gasteiger partial charge in [0.15, 0.2) is 5.76 Å². The van der Waals surface area contributed by atoms with Crippen LogP contribution in [0.25, 0.3) is 33.5 Å². The van der Waals surface area contributed by atoms with Gasteiger partial charge < -0.3 is 9.15 Å². The molecule has 2 aromatic heterocycles. The summed E-state index contributed by atoms with van der Waals surface area (Å²) < 4.78 is 26.2. The fourth-order valence-corrected chi connectivity index (χ4v) is 4.76. The van der Waals surface area contributed by atoms with Gasteiger partial charge in [-0.05, 0) is 60.2 Å². The van der Waals surface area contributed by atoms with E-state index >= 15 is 0 Å². The number of hydrogen-bond acceptors (Lipinski definition) is 7. The van der Waals surface area contributed by atoms with Crippen molar-refractivity contribution in [2.75, 3.05) is 0 Å². The number of nitro groups is 1. The highest BCUT2D eigenvalue weighted by atomic mass is 35.5. The van der Waals surface area contributed by atoms with Crippen LogP contribution in [0.3, 0.4) is 0 Å². The Hall–Kier alpha value is -5.06. The van der Waals surface area contributed by atoms with E-state index in [1.165, 1.54) is 36.5 Å². The van der Waals surface area contributed by atoms with Gasteiger partial charge in [0.25, 0.3) is 5.56 Å². The molecule has 9 nitrogen and oxygen atoms in total. The van der Waals surface area contributed by atoms with Crippen molar-refractivity contribution in [1.82, 2.24) is 9.66 Å². The monoisotopic (exact) mass is 602 g/mol. The first-order valence-corrected chi connectivity index (χ1v) is 13.1. The topological polar surface area (TPSA) is 113 Å². The molecule has 0 unspecified atom stereocenters. The molecule has 0 aliphatic heterocycles. The van der Waals surface area contributed by atoms with Gasteiger partial charge in [0.1, 0.15) is 18.0 Å². The van der Waals surface area contributed by atoms with Crippen molar-refractivity contribution in [3.63, 3.8) is 0 Å². The third-order valence-corrected chi connectivity index (χ3v) is 6.77. The van der Waals surface area contributed by atoms with Crippen molar-refractivity contribution in [2.24, 2.45) is 5.10 Å². The summed E-state index contributed by atoms with van der Waals surface area (Å²) in [4.78, 5) is 29.5. The molecule has 0 aliphatic rings. The van der Waals surface area contributed by atoms with Crippen LogP contribution >= 0.6 is 23.2 Å². The van der Waals surface area contributed by atoms with Crippen LogP contribution in [-0.4, -0.2) is 20.8 Å². The first-order chi connectivity index (χ1) is 20.3. The van der Waals surface area contributed by atoms with Crippen LogP contribution in [0, 0.1) is 15.9 Å². The minimum Gasteiger partial charge on any atom is -0.481 e. The van der Waals surface area contributed by atoms with Crippen LogP contribution in [0.5, 0.6) is 5.75 Å². The number of fused-ring (bicyclic) bond motifs is 2. The average Bonchev–Trinajstić information content (AvgIpc) is 3.39. The Labute approximate surface area is 246 Å². The van der Waals surface area contributed by atoms with Crippen molar-refractivity contribution in [3.8, 4) is 17.3 Å². The molecular formula is C30H17Cl2FN4O5. The SMILES string of the molecule is O=c1c2ccccc2nc(-c2cc3cc(Cl)ccc3o2)n1N=Cc1cc(Cl)cc([N+](=O)[O-])c1OCc1ccc(F)cc1. The van der Waals surface area contributed by atoms with Crippen molar-refractivity contribution in [1.29, 1.82) is 0 Å². The largest absolute Gasteiger partial charge is 0.481 e. The molecule has 0 N–H and O–H groups in total. The molecule has 4 aromatic carbocycles. The lowest BCUT2D eigenvalue weighted by atomic mass is 10.1. The molecule has 0 aliphatic carbocycles. The predicted octanol–water partition coefficient (Wildman–Crippen LogP) is 7.63. The molecule has 0 fully saturated rings. The summed E-state index contributed by atoms with van der Waals surface area (Å²) in [6, 6.07) is 21.6. The van der Waals surface area contributed by atoms with Gasteiger partial charge in [-0.2, -0.15) is 9.78 Å². The zero-order chi connectivity index (χ0) is 29.4. The molecule has 0 spiro atoms. The van der Waals surface area contributed by atoms with Crippen LogP contribution in [-0.2, 0) is 6.61 Å². The number of furan rings is 1. The highest BCUT2D eigenvalue weighted by Crippen LogP contribution is 2.35. The van der Waals surface area contributed by atoms with Gasteiger partial charge in [0.05, 0.1) is 22.0 Å². The van der Waals surface area contributed by atoms with Crippen LogP contribution < -0.4 is 10.3 Å². The van der Waals surface area contributed by atoms with E-state index in [0.29, 0.717) is 32.5 Å². The second-order valence-electron chi connectivity index (χ2n) is 9.12. The lowest BCUT2D eigenvalue weighted by Crippen LogP contribution is -2.20. The number of nitrogens with zero attached hydrogens (tertiary/aromatic N) is 4. The number of aromatic nitrogens is 2. The van der Waals surface area contributed by atoms with E-state index < -0.39 is 22.0 Å². The highest BCUT2D eigenvalue weighted by Gasteiger charge is 2.22. The maximum Gasteiger partial charge on any atom is 0.313 e. The fourth-order valence-electron chi connectivity index (χ4n) is 4.36. The second-order valence-corrected chi connectivity index (χ2v) is 10.00. The van der Waals surface area contributed by atoms with Crippen LogP contribution in [0.2, 0.25) is 10.0 Å². The van der Waals surface area contributed by atoms with E-state index in [9.17, 15) is 19.3 Å². The lowest BCUT2D eigenvalue weighted by molar-refractivity contribution is -0.385. The highest BCUT2D eigenvalue weighted by molar-refractivity contribution is 6.31. The lowest BCUT2D eigenvalue weighted by Gasteiger charge is -2.11. The van der Waals surface area contributed by atoms with Gasteiger partial charge in [0, 0.05) is 27.1 Å². The van der Waals surface area contributed by atoms with Crippen molar-refractivity contribution < 1.29 is 18.5 Å². The molecule has 6 aromatic rings. The number of benzene rings is 4. The molecule has 0 amide bonds. The number of rotatable bonds is 7. The van der Waals surface area contributed by atoms with E-state index in [4.69, 9.17) is 32.4 Å². The zero-order valence-electron chi connectivity index (χ0n) is 21.3. The predicted molar refractivity (Wildman–Crippen MR) is 158 cm³/mol. The minimum absolute atomic E-state index is 0.0515. The number of ether oxygens (including phenoxy) is 1. The number of nitro benzene ring substituents is 1. The van der Waals surface area contributed by atoms with E-state index in [2.05, 4.69) is 10.1 Å². The average molecular weight is 603 g/mol. The Bertz CT molecular complexity index is 2090. The third kappa shape index (κ3) is 5.32. The van der Waals surface area contributed by atoms with Crippen LogP contribution in [0.15, 0.2) is 99.2 Å². The minimum atomic E-state index is -0.641. The zero-order valence-corrected chi connectivity index (χ0v) is 22.8. The van der Waals surface area contributed by atoms with Gasteiger partial charge in [-0.1, -0.05) is 47.5 Å². The van der Waals surface area contributed by atoms with Crippen molar-refractivity contribution in [2.45, 2.75) is 6.61 Å². The maximum absolute atomic E-state index is 13.6. The quantitative estimate of drug-likeness (QED) is 0.105. The van der Waals surface area contributed by atoms with Crippen molar-refractivity contribution >= 4 is 57.0 Å². The van der Waals surface area contributed by atoms with Gasteiger partial charge in [-0.3, -0.25) is 14.9 Å². The van der Waals surface area contributed by atoms with Crippen LogP contribution in [0.4, 0.5) is 10.1 Å². The molecule has 208 valence electrons. The van der Waals surface area contributed by atoms with Crippen LogP contribution in [0.1, 0.15) is 11.1 Å². The molecule has 0 saturated carbocycles. The Balaban J connectivity index is 1.49. The molecule has 0 radical (unpaired) electrons. The smallest absolute Gasteiger partial charge is 0.313 e. The van der Waals surface area contributed by atoms with E-state index in [0.717, 1.165) is 10.7 Å².